The van der Waals surface area contributed by atoms with Gasteiger partial charge in [-0.2, -0.15) is 0 Å². The molecule has 0 bridgehead atoms. The molecule has 0 amide bonds. The van der Waals surface area contributed by atoms with Crippen LogP contribution in [0.2, 0.25) is 0 Å². The van der Waals surface area contributed by atoms with Gasteiger partial charge in [0.1, 0.15) is 13.2 Å². The molecule has 0 N–H and O–H groups in total. The van der Waals surface area contributed by atoms with Crippen LogP contribution in [0.4, 0.5) is 0 Å². The van der Waals surface area contributed by atoms with Crippen molar-refractivity contribution in [3.05, 3.63) is 36.5 Å². The SMILES string of the molecule is CCC/C=C\C/C=C\CCCCCCCC(=O)OC(COC(=O)CCCCCCC/C=C\CCCC)COC(=O)CCCCCCCCCCCCCCCCCCCCCCCCCCCCC. The van der Waals surface area contributed by atoms with Crippen LogP contribution in [0, 0.1) is 0 Å². The minimum atomic E-state index is -0.779. The number of ether oxygens (including phenoxy) is 3. The first-order chi connectivity index (χ1) is 34.0. The average molecular weight is 970 g/mol. The second-order valence-electron chi connectivity index (χ2n) is 20.6. The van der Waals surface area contributed by atoms with Gasteiger partial charge in [0.05, 0.1) is 0 Å². The lowest BCUT2D eigenvalue weighted by Gasteiger charge is -2.18. The van der Waals surface area contributed by atoms with Crippen LogP contribution in [-0.4, -0.2) is 37.2 Å². The number of hydrogen-bond donors (Lipinski definition) is 0. The number of allylic oxidation sites excluding steroid dienone is 6. The molecular formula is C63H116O6. The van der Waals surface area contributed by atoms with Crippen LogP contribution in [0.15, 0.2) is 36.5 Å². The molecule has 0 saturated heterocycles. The monoisotopic (exact) mass is 969 g/mol. The fourth-order valence-electron chi connectivity index (χ4n) is 8.99. The Morgan fingerprint density at radius 1 is 0.290 bits per heavy atom. The van der Waals surface area contributed by atoms with Gasteiger partial charge in [-0.3, -0.25) is 14.4 Å². The molecule has 0 aliphatic carbocycles. The first-order valence-electron chi connectivity index (χ1n) is 30.5. The van der Waals surface area contributed by atoms with E-state index < -0.39 is 6.10 Å². The van der Waals surface area contributed by atoms with Gasteiger partial charge in [-0.15, -0.1) is 0 Å². The zero-order valence-corrected chi connectivity index (χ0v) is 46.3. The van der Waals surface area contributed by atoms with Crippen LogP contribution in [0.1, 0.15) is 329 Å². The van der Waals surface area contributed by atoms with E-state index in [4.69, 9.17) is 14.2 Å². The molecule has 69 heavy (non-hydrogen) atoms. The molecule has 0 spiro atoms. The van der Waals surface area contributed by atoms with Crippen LogP contribution in [-0.2, 0) is 28.6 Å². The highest BCUT2D eigenvalue weighted by Crippen LogP contribution is 2.17. The van der Waals surface area contributed by atoms with E-state index in [0.29, 0.717) is 19.3 Å². The van der Waals surface area contributed by atoms with E-state index in [0.717, 1.165) is 96.3 Å². The standard InChI is InChI=1S/C63H116O6/c1-4-7-10-13-16-19-22-24-25-26-27-28-29-30-31-32-33-34-35-36-37-39-41-44-47-50-53-56-62(65)68-59-60(58-67-61(64)55-52-49-46-43-40-21-18-15-12-9-6-3)69-63(66)57-54-51-48-45-42-38-23-20-17-14-11-8-5-2/h11,14-15,18,20,23,60H,4-10,12-13,16-17,19,21-22,24-59H2,1-3H3/b14-11-,18-15-,23-20-. The number of esters is 3. The highest BCUT2D eigenvalue weighted by atomic mass is 16.6. The lowest BCUT2D eigenvalue weighted by molar-refractivity contribution is -0.167. The maximum absolute atomic E-state index is 12.8. The van der Waals surface area contributed by atoms with Gasteiger partial charge in [0.25, 0.3) is 0 Å². The number of unbranched alkanes of at least 4 members (excludes halogenated alkanes) is 39. The molecule has 0 heterocycles. The molecule has 0 aliphatic heterocycles. The molecule has 0 saturated carbocycles. The molecular weight excluding hydrogens is 853 g/mol. The summed E-state index contributed by atoms with van der Waals surface area (Å²) in [6.07, 6.45) is 70.3. The Morgan fingerprint density at radius 3 is 0.913 bits per heavy atom. The van der Waals surface area contributed by atoms with E-state index in [1.165, 1.54) is 193 Å². The Bertz CT molecular complexity index is 1160. The third-order valence-electron chi connectivity index (χ3n) is 13.6. The fourth-order valence-corrected chi connectivity index (χ4v) is 8.99. The van der Waals surface area contributed by atoms with Crippen LogP contribution >= 0.6 is 0 Å². The molecule has 1 unspecified atom stereocenters. The van der Waals surface area contributed by atoms with E-state index in [9.17, 15) is 14.4 Å². The van der Waals surface area contributed by atoms with Gasteiger partial charge in [-0.1, -0.05) is 282 Å². The normalized spacial score (nSPS) is 12.2. The molecule has 404 valence electrons. The molecule has 0 aliphatic rings. The molecule has 6 nitrogen and oxygen atoms in total. The van der Waals surface area contributed by atoms with Gasteiger partial charge in [-0.05, 0) is 64.2 Å². The third-order valence-corrected chi connectivity index (χ3v) is 13.6. The van der Waals surface area contributed by atoms with Crippen LogP contribution in [0.3, 0.4) is 0 Å². The van der Waals surface area contributed by atoms with Gasteiger partial charge in [0, 0.05) is 19.3 Å². The van der Waals surface area contributed by atoms with E-state index in [-0.39, 0.29) is 31.1 Å². The fraction of sp³-hybridized carbons (Fsp3) is 0.857. The zero-order valence-electron chi connectivity index (χ0n) is 46.3. The van der Waals surface area contributed by atoms with Gasteiger partial charge in [0.2, 0.25) is 0 Å². The lowest BCUT2D eigenvalue weighted by atomic mass is 10.0. The van der Waals surface area contributed by atoms with E-state index in [2.05, 4.69) is 57.2 Å². The number of carbonyl (C=O) groups is 3. The lowest BCUT2D eigenvalue weighted by Crippen LogP contribution is -2.30. The number of rotatable bonds is 56. The average Bonchev–Trinajstić information content (AvgIpc) is 3.35. The Labute approximate surface area is 429 Å². The van der Waals surface area contributed by atoms with Gasteiger partial charge in [0.15, 0.2) is 6.10 Å². The number of carbonyl (C=O) groups excluding carboxylic acids is 3. The summed E-state index contributed by atoms with van der Waals surface area (Å²) >= 11 is 0. The summed E-state index contributed by atoms with van der Waals surface area (Å²) in [6.45, 7) is 6.56. The second-order valence-corrected chi connectivity index (χ2v) is 20.6. The van der Waals surface area contributed by atoms with E-state index >= 15 is 0 Å². The second kappa shape index (κ2) is 58.2. The van der Waals surface area contributed by atoms with Crippen molar-refractivity contribution in [1.29, 1.82) is 0 Å². The summed E-state index contributed by atoms with van der Waals surface area (Å²) < 4.78 is 16.8. The van der Waals surface area contributed by atoms with Crippen molar-refractivity contribution in [3.8, 4) is 0 Å². The molecule has 0 rings (SSSR count). The Balaban J connectivity index is 4.12. The molecule has 0 aromatic carbocycles. The predicted molar refractivity (Wildman–Crippen MR) is 298 cm³/mol. The minimum Gasteiger partial charge on any atom is -0.462 e. The maximum Gasteiger partial charge on any atom is 0.306 e. The van der Waals surface area contributed by atoms with Crippen molar-refractivity contribution in [1.82, 2.24) is 0 Å². The van der Waals surface area contributed by atoms with Crippen molar-refractivity contribution in [2.45, 2.75) is 335 Å². The van der Waals surface area contributed by atoms with Crippen molar-refractivity contribution in [2.24, 2.45) is 0 Å². The van der Waals surface area contributed by atoms with Gasteiger partial charge >= 0.3 is 17.9 Å². The van der Waals surface area contributed by atoms with Crippen LogP contribution < -0.4 is 0 Å². The molecule has 1 atom stereocenters. The quantitative estimate of drug-likeness (QED) is 0.0261. The van der Waals surface area contributed by atoms with Gasteiger partial charge < -0.3 is 14.2 Å². The summed E-state index contributed by atoms with van der Waals surface area (Å²) in [5.74, 6) is -0.886. The highest BCUT2D eigenvalue weighted by molar-refractivity contribution is 5.71. The van der Waals surface area contributed by atoms with Crippen LogP contribution in [0.25, 0.3) is 0 Å². The topological polar surface area (TPSA) is 78.9 Å². The molecule has 6 heteroatoms. The Kier molecular flexibility index (Phi) is 56.2. The summed E-state index contributed by atoms with van der Waals surface area (Å²) in [5, 5.41) is 0. The van der Waals surface area contributed by atoms with Crippen LogP contribution in [0.5, 0.6) is 0 Å². The third kappa shape index (κ3) is 56.4. The molecule has 0 aromatic heterocycles. The zero-order chi connectivity index (χ0) is 50.0. The summed E-state index contributed by atoms with van der Waals surface area (Å²) in [5.41, 5.74) is 0. The first-order valence-corrected chi connectivity index (χ1v) is 30.5. The summed E-state index contributed by atoms with van der Waals surface area (Å²) in [7, 11) is 0. The molecule has 0 radical (unpaired) electrons. The van der Waals surface area contributed by atoms with Gasteiger partial charge in [-0.25, -0.2) is 0 Å². The summed E-state index contributed by atoms with van der Waals surface area (Å²) in [4.78, 5) is 38.1. The van der Waals surface area contributed by atoms with Crippen molar-refractivity contribution in [3.63, 3.8) is 0 Å². The highest BCUT2D eigenvalue weighted by Gasteiger charge is 2.19. The van der Waals surface area contributed by atoms with Crippen molar-refractivity contribution >= 4 is 17.9 Å². The summed E-state index contributed by atoms with van der Waals surface area (Å²) in [6, 6.07) is 0. The number of hydrogen-bond acceptors (Lipinski definition) is 6. The van der Waals surface area contributed by atoms with E-state index in [1.54, 1.807) is 0 Å². The van der Waals surface area contributed by atoms with Crippen molar-refractivity contribution < 1.29 is 28.6 Å². The predicted octanol–water partition coefficient (Wildman–Crippen LogP) is 20.4. The maximum atomic E-state index is 12.8. The van der Waals surface area contributed by atoms with Crippen molar-refractivity contribution in [2.75, 3.05) is 13.2 Å². The Morgan fingerprint density at radius 2 is 0.565 bits per heavy atom. The van der Waals surface area contributed by atoms with E-state index in [1.807, 2.05) is 0 Å². The largest absolute Gasteiger partial charge is 0.462 e. The molecule has 0 fully saturated rings. The smallest absolute Gasteiger partial charge is 0.306 e. The Hall–Kier alpha value is -2.37. The first kappa shape index (κ1) is 66.6. The minimum absolute atomic E-state index is 0.0772. The molecule has 0 aromatic rings.